The van der Waals surface area contributed by atoms with Crippen LogP contribution in [0.25, 0.3) is 22.7 Å². The maximum atomic E-state index is 9.72. The number of rotatable bonds is 5. The van der Waals surface area contributed by atoms with Gasteiger partial charge in [0.15, 0.2) is 0 Å². The third-order valence-electron chi connectivity index (χ3n) is 4.57. The normalized spacial score (nSPS) is 11.4. The molecule has 0 unspecified atom stereocenters. The van der Waals surface area contributed by atoms with Crippen LogP contribution in [0.5, 0.6) is 5.75 Å². The lowest BCUT2D eigenvalue weighted by molar-refractivity contribution is 0.305. The molecule has 0 amide bonds. The van der Waals surface area contributed by atoms with Crippen LogP contribution in [0.4, 0.5) is 0 Å². The van der Waals surface area contributed by atoms with Gasteiger partial charge in [0, 0.05) is 16.1 Å². The Morgan fingerprint density at radius 1 is 1.14 bits per heavy atom. The van der Waals surface area contributed by atoms with Gasteiger partial charge in [0.1, 0.15) is 24.3 Å². The molecule has 0 atom stereocenters. The summed E-state index contributed by atoms with van der Waals surface area (Å²) in [4.78, 5) is 7.78. The first-order chi connectivity index (χ1) is 14.1. The topological polar surface area (TPSA) is 61.7 Å². The van der Waals surface area contributed by atoms with E-state index in [1.807, 2.05) is 73.7 Å². The highest BCUT2D eigenvalue weighted by molar-refractivity contribution is 6.31. The average Bonchev–Trinajstić information content (AvgIpc) is 3.15. The molecular formula is C24H18ClN3O. The minimum absolute atomic E-state index is 0.344. The van der Waals surface area contributed by atoms with Crippen molar-refractivity contribution in [1.29, 1.82) is 5.26 Å². The van der Waals surface area contributed by atoms with Gasteiger partial charge in [0.05, 0.1) is 16.6 Å². The minimum Gasteiger partial charge on any atom is -0.488 e. The lowest BCUT2D eigenvalue weighted by Gasteiger charge is -2.10. The number of aromatic amines is 1. The maximum absolute atomic E-state index is 9.72. The Morgan fingerprint density at radius 2 is 1.93 bits per heavy atom. The first kappa shape index (κ1) is 18.8. The van der Waals surface area contributed by atoms with Gasteiger partial charge in [0.2, 0.25) is 0 Å². The molecular weight excluding hydrogens is 382 g/mol. The number of benzene rings is 3. The van der Waals surface area contributed by atoms with Crippen LogP contribution in [-0.4, -0.2) is 9.97 Å². The molecule has 4 aromatic rings. The van der Waals surface area contributed by atoms with Crippen molar-refractivity contribution in [2.75, 3.05) is 0 Å². The van der Waals surface area contributed by atoms with Crippen molar-refractivity contribution >= 4 is 34.3 Å². The highest BCUT2D eigenvalue weighted by Crippen LogP contribution is 2.26. The van der Waals surface area contributed by atoms with Gasteiger partial charge in [0.25, 0.3) is 0 Å². The fourth-order valence-corrected chi connectivity index (χ4v) is 3.25. The van der Waals surface area contributed by atoms with Gasteiger partial charge in [-0.3, -0.25) is 0 Å². The van der Waals surface area contributed by atoms with E-state index in [4.69, 9.17) is 16.3 Å². The summed E-state index contributed by atoms with van der Waals surface area (Å²) < 4.78 is 5.99. The molecule has 5 heteroatoms. The number of halogens is 1. The summed E-state index contributed by atoms with van der Waals surface area (Å²) in [6.07, 6.45) is 1.78. The molecule has 1 heterocycles. The third kappa shape index (κ3) is 4.16. The molecule has 0 radical (unpaired) electrons. The SMILES string of the molecule is Cc1ccc2nc(/C(C#N)=C\c3ccccc3OCc3ccccc3Cl)[nH]c2c1. The Morgan fingerprint density at radius 3 is 2.76 bits per heavy atom. The van der Waals surface area contributed by atoms with E-state index in [9.17, 15) is 5.26 Å². The van der Waals surface area contributed by atoms with Crippen LogP contribution in [0.2, 0.25) is 5.02 Å². The van der Waals surface area contributed by atoms with Crippen LogP contribution >= 0.6 is 11.6 Å². The maximum Gasteiger partial charge on any atom is 0.149 e. The number of fused-ring (bicyclic) bond motifs is 1. The Kier molecular flexibility index (Phi) is 5.33. The highest BCUT2D eigenvalue weighted by atomic mass is 35.5. The van der Waals surface area contributed by atoms with Crippen LogP contribution in [-0.2, 0) is 6.61 Å². The quantitative estimate of drug-likeness (QED) is 0.408. The molecule has 4 nitrogen and oxygen atoms in total. The largest absolute Gasteiger partial charge is 0.488 e. The minimum atomic E-state index is 0.344. The summed E-state index contributed by atoms with van der Waals surface area (Å²) in [5.41, 5.74) is 5.01. The second-order valence-electron chi connectivity index (χ2n) is 6.69. The van der Waals surface area contributed by atoms with Gasteiger partial charge >= 0.3 is 0 Å². The zero-order valence-corrected chi connectivity index (χ0v) is 16.6. The molecule has 0 bridgehead atoms. The molecule has 29 heavy (non-hydrogen) atoms. The summed E-state index contributed by atoms with van der Waals surface area (Å²) in [7, 11) is 0. The smallest absolute Gasteiger partial charge is 0.149 e. The summed E-state index contributed by atoms with van der Waals surface area (Å²) >= 11 is 6.22. The molecule has 0 aliphatic rings. The van der Waals surface area contributed by atoms with E-state index in [1.54, 1.807) is 6.08 Å². The predicted molar refractivity (Wildman–Crippen MR) is 117 cm³/mol. The van der Waals surface area contributed by atoms with Crippen molar-refractivity contribution in [3.8, 4) is 11.8 Å². The molecule has 142 valence electrons. The summed E-state index contributed by atoms with van der Waals surface area (Å²) in [5.74, 6) is 1.21. The van der Waals surface area contributed by atoms with E-state index in [-0.39, 0.29) is 0 Å². The zero-order chi connectivity index (χ0) is 20.2. The van der Waals surface area contributed by atoms with Gasteiger partial charge in [-0.15, -0.1) is 0 Å². The Balaban J connectivity index is 1.65. The van der Waals surface area contributed by atoms with Crippen molar-refractivity contribution in [3.05, 3.63) is 94.3 Å². The lowest BCUT2D eigenvalue weighted by atomic mass is 10.1. The zero-order valence-electron chi connectivity index (χ0n) is 15.8. The number of aryl methyl sites for hydroxylation is 1. The monoisotopic (exact) mass is 399 g/mol. The van der Waals surface area contributed by atoms with Crippen molar-refractivity contribution in [2.24, 2.45) is 0 Å². The Hall–Kier alpha value is -3.55. The average molecular weight is 400 g/mol. The van der Waals surface area contributed by atoms with Crippen LogP contribution < -0.4 is 4.74 Å². The predicted octanol–water partition coefficient (Wildman–Crippen LogP) is 6.17. The molecule has 0 saturated heterocycles. The molecule has 1 N–H and O–H groups in total. The van der Waals surface area contributed by atoms with E-state index in [0.29, 0.717) is 28.8 Å². The van der Waals surface area contributed by atoms with Gasteiger partial charge < -0.3 is 9.72 Å². The number of aromatic nitrogens is 2. The lowest BCUT2D eigenvalue weighted by Crippen LogP contribution is -1.98. The summed E-state index contributed by atoms with van der Waals surface area (Å²) in [6.45, 7) is 2.36. The number of imidazole rings is 1. The molecule has 0 saturated carbocycles. The van der Waals surface area contributed by atoms with Gasteiger partial charge in [-0.05, 0) is 42.8 Å². The fraction of sp³-hybridized carbons (Fsp3) is 0.0833. The number of H-pyrrole nitrogens is 1. The van der Waals surface area contributed by atoms with Gasteiger partial charge in [-0.25, -0.2) is 4.98 Å². The number of ether oxygens (including phenoxy) is 1. The number of hydrogen-bond donors (Lipinski definition) is 1. The first-order valence-electron chi connectivity index (χ1n) is 9.18. The molecule has 1 aromatic heterocycles. The Labute approximate surface area is 174 Å². The summed E-state index contributed by atoms with van der Waals surface area (Å²) in [6, 6.07) is 23.4. The fourth-order valence-electron chi connectivity index (χ4n) is 3.06. The standard InChI is InChI=1S/C24H18ClN3O/c1-16-10-11-21-22(12-16)28-24(27-21)19(14-26)13-17-6-3-5-9-23(17)29-15-18-7-2-4-8-20(18)25/h2-13H,15H2,1H3,(H,27,28)/b19-13-. The highest BCUT2D eigenvalue weighted by Gasteiger charge is 2.10. The second-order valence-corrected chi connectivity index (χ2v) is 7.10. The van der Waals surface area contributed by atoms with Crippen LogP contribution in [0.1, 0.15) is 22.5 Å². The second kappa shape index (κ2) is 8.22. The number of nitrogens with zero attached hydrogens (tertiary/aromatic N) is 2. The van der Waals surface area contributed by atoms with E-state index >= 15 is 0 Å². The number of allylic oxidation sites excluding steroid dienone is 1. The van der Waals surface area contributed by atoms with Crippen molar-refractivity contribution in [2.45, 2.75) is 13.5 Å². The van der Waals surface area contributed by atoms with Crippen LogP contribution in [0.3, 0.4) is 0 Å². The molecule has 3 aromatic carbocycles. The van der Waals surface area contributed by atoms with Crippen LogP contribution in [0.15, 0.2) is 66.7 Å². The van der Waals surface area contributed by atoms with E-state index < -0.39 is 0 Å². The van der Waals surface area contributed by atoms with Crippen LogP contribution in [0, 0.1) is 18.3 Å². The van der Waals surface area contributed by atoms with Crippen molar-refractivity contribution in [1.82, 2.24) is 9.97 Å². The summed E-state index contributed by atoms with van der Waals surface area (Å²) in [5, 5.41) is 10.4. The van der Waals surface area contributed by atoms with Gasteiger partial charge in [-0.1, -0.05) is 54.1 Å². The van der Waals surface area contributed by atoms with Crippen molar-refractivity contribution < 1.29 is 4.74 Å². The number of nitriles is 1. The molecule has 0 aliphatic carbocycles. The molecule has 4 rings (SSSR count). The van der Waals surface area contributed by atoms with Gasteiger partial charge in [-0.2, -0.15) is 5.26 Å². The first-order valence-corrected chi connectivity index (χ1v) is 9.55. The molecule has 0 fully saturated rings. The third-order valence-corrected chi connectivity index (χ3v) is 4.94. The number of nitrogens with one attached hydrogen (secondary N) is 1. The van der Waals surface area contributed by atoms with E-state index in [0.717, 1.165) is 27.7 Å². The number of hydrogen-bond acceptors (Lipinski definition) is 3. The van der Waals surface area contributed by atoms with E-state index in [2.05, 4.69) is 16.0 Å². The molecule has 0 spiro atoms. The number of para-hydroxylation sites is 1. The van der Waals surface area contributed by atoms with E-state index in [1.165, 1.54) is 0 Å². The van der Waals surface area contributed by atoms with Crippen molar-refractivity contribution in [3.63, 3.8) is 0 Å². The Bertz CT molecular complexity index is 1250. The molecule has 0 aliphatic heterocycles.